The third-order valence-electron chi connectivity index (χ3n) is 4.15. The number of hydrogen-bond donors (Lipinski definition) is 2. The first-order valence-corrected chi connectivity index (χ1v) is 10.3. The second-order valence-electron chi connectivity index (χ2n) is 6.43. The van der Waals surface area contributed by atoms with Crippen molar-refractivity contribution in [1.29, 1.82) is 0 Å². The van der Waals surface area contributed by atoms with Crippen LogP contribution >= 0.6 is 15.9 Å². The fourth-order valence-corrected chi connectivity index (χ4v) is 3.25. The van der Waals surface area contributed by atoms with Gasteiger partial charge in [0.15, 0.2) is 23.0 Å². The van der Waals surface area contributed by atoms with E-state index in [1.807, 2.05) is 6.92 Å². The highest BCUT2D eigenvalue weighted by atomic mass is 79.9. The molecule has 31 heavy (non-hydrogen) atoms. The second-order valence-corrected chi connectivity index (χ2v) is 7.28. The van der Waals surface area contributed by atoms with Crippen LogP contribution in [0.25, 0.3) is 0 Å². The average molecular weight is 492 g/mol. The summed E-state index contributed by atoms with van der Waals surface area (Å²) in [5, 5.41) is 6.45. The minimum Gasteiger partial charge on any atom is -0.493 e. The lowest BCUT2D eigenvalue weighted by Gasteiger charge is -2.12. The Kier molecular flexibility index (Phi) is 7.71. The lowest BCUT2D eigenvalue weighted by atomic mass is 10.2. The van der Waals surface area contributed by atoms with E-state index in [-0.39, 0.29) is 13.3 Å². The number of ether oxygens (including phenoxy) is 4. The van der Waals surface area contributed by atoms with Crippen LogP contribution in [-0.2, 0) is 4.79 Å². The second kappa shape index (κ2) is 10.7. The summed E-state index contributed by atoms with van der Waals surface area (Å²) in [4.78, 5) is 24.2. The molecule has 0 fully saturated rings. The number of halogens is 1. The molecule has 0 bridgehead atoms. The summed E-state index contributed by atoms with van der Waals surface area (Å²) < 4.78 is 22.2. The minimum absolute atomic E-state index is 0.123. The minimum atomic E-state index is -0.473. The lowest BCUT2D eigenvalue weighted by molar-refractivity contribution is -0.120. The molecular formula is C21H22BrN3O6. The zero-order chi connectivity index (χ0) is 22.2. The van der Waals surface area contributed by atoms with Crippen molar-refractivity contribution in [2.75, 3.05) is 27.1 Å². The number of carbonyl (C=O) groups is 2. The van der Waals surface area contributed by atoms with Gasteiger partial charge in [-0.1, -0.05) is 6.92 Å². The fourth-order valence-electron chi connectivity index (χ4n) is 2.68. The van der Waals surface area contributed by atoms with Crippen molar-refractivity contribution in [3.05, 3.63) is 45.9 Å². The molecule has 0 unspecified atom stereocenters. The molecule has 10 heteroatoms. The standard InChI is InChI=1S/C21H22BrN3O6/c1-3-6-29-20-15(22)7-13(8-18(20)28-2)10-24-25-19(26)11-23-21(27)14-4-5-16-17(9-14)31-12-30-16/h4-5,7-10H,3,6,11-12H2,1-2H3,(H,23,27)(H,25,26)/b24-10+. The van der Waals surface area contributed by atoms with Crippen LogP contribution in [0, 0.1) is 0 Å². The van der Waals surface area contributed by atoms with Crippen molar-refractivity contribution in [2.45, 2.75) is 13.3 Å². The van der Waals surface area contributed by atoms with E-state index >= 15 is 0 Å². The van der Waals surface area contributed by atoms with Gasteiger partial charge in [0.25, 0.3) is 11.8 Å². The van der Waals surface area contributed by atoms with E-state index in [0.717, 1.165) is 6.42 Å². The fraction of sp³-hybridized carbons (Fsp3) is 0.286. The first-order chi connectivity index (χ1) is 15.0. The van der Waals surface area contributed by atoms with Gasteiger partial charge in [0.1, 0.15) is 0 Å². The van der Waals surface area contributed by atoms with Crippen LogP contribution in [0.1, 0.15) is 29.3 Å². The molecule has 0 saturated heterocycles. The van der Waals surface area contributed by atoms with Crippen LogP contribution in [0.3, 0.4) is 0 Å². The molecule has 1 aliphatic rings. The number of nitrogens with zero attached hydrogens (tertiary/aromatic N) is 1. The molecule has 2 aromatic rings. The Balaban J connectivity index is 1.52. The summed E-state index contributed by atoms with van der Waals surface area (Å²) in [5.41, 5.74) is 3.42. The molecule has 3 rings (SSSR count). The van der Waals surface area contributed by atoms with Crippen LogP contribution in [0.5, 0.6) is 23.0 Å². The summed E-state index contributed by atoms with van der Waals surface area (Å²) in [6.07, 6.45) is 2.34. The van der Waals surface area contributed by atoms with E-state index in [0.29, 0.717) is 45.2 Å². The molecule has 1 aliphatic heterocycles. The van der Waals surface area contributed by atoms with E-state index in [9.17, 15) is 9.59 Å². The van der Waals surface area contributed by atoms with E-state index < -0.39 is 11.8 Å². The van der Waals surface area contributed by atoms with Crippen LogP contribution < -0.4 is 29.7 Å². The quantitative estimate of drug-likeness (QED) is 0.412. The van der Waals surface area contributed by atoms with Crippen LogP contribution in [0.15, 0.2) is 39.9 Å². The highest BCUT2D eigenvalue weighted by molar-refractivity contribution is 9.10. The maximum Gasteiger partial charge on any atom is 0.259 e. The normalized spacial score (nSPS) is 12.0. The van der Waals surface area contributed by atoms with Gasteiger partial charge in [-0.05, 0) is 58.2 Å². The number of hydrazone groups is 1. The Morgan fingerprint density at radius 3 is 2.81 bits per heavy atom. The van der Waals surface area contributed by atoms with Gasteiger partial charge in [-0.25, -0.2) is 5.43 Å². The maximum absolute atomic E-state index is 12.2. The molecule has 0 atom stereocenters. The zero-order valence-electron chi connectivity index (χ0n) is 17.1. The number of amides is 2. The highest BCUT2D eigenvalue weighted by Crippen LogP contribution is 2.36. The number of fused-ring (bicyclic) bond motifs is 1. The first-order valence-electron chi connectivity index (χ1n) is 9.52. The number of carbonyl (C=O) groups excluding carboxylic acids is 2. The number of nitrogens with one attached hydrogen (secondary N) is 2. The average Bonchev–Trinajstić information content (AvgIpc) is 3.24. The highest BCUT2D eigenvalue weighted by Gasteiger charge is 2.16. The van der Waals surface area contributed by atoms with Crippen LogP contribution in [0.2, 0.25) is 0 Å². The van der Waals surface area contributed by atoms with E-state index in [1.54, 1.807) is 37.4 Å². The van der Waals surface area contributed by atoms with Gasteiger partial charge in [0, 0.05) is 5.56 Å². The monoisotopic (exact) mass is 491 g/mol. The Hall–Kier alpha value is -3.27. The van der Waals surface area contributed by atoms with Crippen molar-refractivity contribution in [3.63, 3.8) is 0 Å². The Morgan fingerprint density at radius 2 is 2.03 bits per heavy atom. The molecule has 0 spiro atoms. The molecule has 1 heterocycles. The lowest BCUT2D eigenvalue weighted by Crippen LogP contribution is -2.34. The molecule has 2 amide bonds. The van der Waals surface area contributed by atoms with Crippen LogP contribution in [0.4, 0.5) is 0 Å². The topological polar surface area (TPSA) is 107 Å². The molecule has 2 aromatic carbocycles. The number of hydrogen-bond acceptors (Lipinski definition) is 7. The summed E-state index contributed by atoms with van der Waals surface area (Å²) in [5.74, 6) is 1.35. The van der Waals surface area contributed by atoms with Gasteiger partial charge >= 0.3 is 0 Å². The number of rotatable bonds is 9. The van der Waals surface area contributed by atoms with Gasteiger partial charge < -0.3 is 24.3 Å². The number of benzene rings is 2. The maximum atomic E-state index is 12.2. The third-order valence-corrected chi connectivity index (χ3v) is 4.74. The summed E-state index contributed by atoms with van der Waals surface area (Å²) in [7, 11) is 1.55. The zero-order valence-corrected chi connectivity index (χ0v) is 18.7. The van der Waals surface area contributed by atoms with Gasteiger partial charge in [0.2, 0.25) is 6.79 Å². The Morgan fingerprint density at radius 1 is 1.23 bits per heavy atom. The molecule has 0 aliphatic carbocycles. The van der Waals surface area contributed by atoms with Gasteiger partial charge in [-0.3, -0.25) is 9.59 Å². The molecule has 9 nitrogen and oxygen atoms in total. The Labute approximate surface area is 187 Å². The van der Waals surface area contributed by atoms with Crippen LogP contribution in [-0.4, -0.2) is 45.1 Å². The molecule has 164 valence electrons. The van der Waals surface area contributed by atoms with E-state index in [2.05, 4.69) is 31.8 Å². The van der Waals surface area contributed by atoms with Crippen molar-refractivity contribution in [1.82, 2.24) is 10.7 Å². The van der Waals surface area contributed by atoms with E-state index in [4.69, 9.17) is 18.9 Å². The molecule has 0 saturated carbocycles. The van der Waals surface area contributed by atoms with Crippen molar-refractivity contribution in [2.24, 2.45) is 5.10 Å². The summed E-state index contributed by atoms with van der Waals surface area (Å²) in [6.45, 7) is 2.47. The van der Waals surface area contributed by atoms with Gasteiger partial charge in [-0.15, -0.1) is 0 Å². The smallest absolute Gasteiger partial charge is 0.259 e. The van der Waals surface area contributed by atoms with Gasteiger partial charge in [0.05, 0.1) is 30.9 Å². The predicted molar refractivity (Wildman–Crippen MR) is 117 cm³/mol. The molecular weight excluding hydrogens is 470 g/mol. The first kappa shape index (κ1) is 22.4. The largest absolute Gasteiger partial charge is 0.493 e. The molecule has 2 N–H and O–H groups in total. The SMILES string of the molecule is CCCOc1c(Br)cc(/C=N/NC(=O)CNC(=O)c2ccc3c(c2)OCO3)cc1OC. The Bertz CT molecular complexity index is 995. The molecule has 0 radical (unpaired) electrons. The van der Waals surface area contributed by atoms with E-state index in [1.165, 1.54) is 6.21 Å². The molecule has 0 aromatic heterocycles. The van der Waals surface area contributed by atoms with Crippen molar-refractivity contribution >= 4 is 34.0 Å². The van der Waals surface area contributed by atoms with Crippen molar-refractivity contribution in [3.8, 4) is 23.0 Å². The predicted octanol–water partition coefficient (Wildman–Crippen LogP) is 2.86. The summed E-state index contributed by atoms with van der Waals surface area (Å²) >= 11 is 3.45. The van der Waals surface area contributed by atoms with Gasteiger partial charge in [-0.2, -0.15) is 5.10 Å². The summed E-state index contributed by atoms with van der Waals surface area (Å²) in [6, 6.07) is 8.34. The third kappa shape index (κ3) is 5.88. The van der Waals surface area contributed by atoms with Crippen molar-refractivity contribution < 1.29 is 28.5 Å². The number of methoxy groups -OCH3 is 1.